The smallest absolute Gasteiger partial charge is 0.0770 e. The second kappa shape index (κ2) is 18.4. The third-order valence-corrected chi connectivity index (χ3v) is 3.95. The lowest BCUT2D eigenvalue weighted by Crippen LogP contribution is -2.10. The molecule has 130 valence electrons. The monoisotopic (exact) mass is 310 g/mol. The molecule has 0 saturated carbocycles. The summed E-state index contributed by atoms with van der Waals surface area (Å²) in [6.45, 7) is 2.15. The molecule has 0 aliphatic rings. The molecule has 1 atom stereocenters. The number of aliphatic hydroxyl groups excluding tert-OH is 2. The molecule has 0 spiro atoms. The summed E-state index contributed by atoms with van der Waals surface area (Å²) in [5.41, 5.74) is 0. The van der Waals surface area contributed by atoms with E-state index >= 15 is 0 Å². The average Bonchev–Trinajstić information content (AvgIpc) is 2.54. The summed E-state index contributed by atoms with van der Waals surface area (Å²) in [6, 6.07) is 0. The first-order valence-electron chi connectivity index (χ1n) is 9.40. The molecule has 2 nitrogen and oxygen atoms in total. The Bertz CT molecular complexity index is 258. The number of rotatable bonds is 16. The second-order valence-electron chi connectivity index (χ2n) is 6.21. The van der Waals surface area contributed by atoms with Crippen molar-refractivity contribution in [1.29, 1.82) is 0 Å². The number of unbranched alkanes of at least 4 members (excludes halogenated alkanes) is 9. The first kappa shape index (κ1) is 21.4. The molecule has 0 bridgehead atoms. The van der Waals surface area contributed by atoms with Gasteiger partial charge in [0.25, 0.3) is 0 Å². The molecule has 22 heavy (non-hydrogen) atoms. The first-order valence-corrected chi connectivity index (χ1v) is 9.40. The molecule has 0 aromatic carbocycles. The quantitative estimate of drug-likeness (QED) is 0.290. The predicted molar refractivity (Wildman–Crippen MR) is 97.1 cm³/mol. The highest BCUT2D eigenvalue weighted by Gasteiger charge is 2.00. The van der Waals surface area contributed by atoms with Gasteiger partial charge in [-0.1, -0.05) is 76.2 Å². The highest BCUT2D eigenvalue weighted by molar-refractivity contribution is 4.92. The molecule has 0 saturated heterocycles. The van der Waals surface area contributed by atoms with Crippen molar-refractivity contribution < 1.29 is 10.2 Å². The SMILES string of the molecule is CCCCC/C=C\C/C=C\CCCCCCCCC(O)CO. The maximum absolute atomic E-state index is 9.21. The summed E-state index contributed by atoms with van der Waals surface area (Å²) in [6.07, 6.45) is 24.3. The normalized spacial score (nSPS) is 13.4. The van der Waals surface area contributed by atoms with Crippen molar-refractivity contribution in [3.05, 3.63) is 24.3 Å². The molecule has 2 N–H and O–H groups in total. The molecule has 0 amide bonds. The first-order chi connectivity index (χ1) is 10.8. The van der Waals surface area contributed by atoms with E-state index in [1.807, 2.05) is 0 Å². The molecule has 0 fully saturated rings. The molecule has 0 aliphatic carbocycles. The topological polar surface area (TPSA) is 40.5 Å². The Morgan fingerprint density at radius 3 is 1.86 bits per heavy atom. The van der Waals surface area contributed by atoms with E-state index in [9.17, 15) is 5.11 Å². The summed E-state index contributed by atoms with van der Waals surface area (Å²) in [4.78, 5) is 0. The van der Waals surface area contributed by atoms with E-state index in [4.69, 9.17) is 5.11 Å². The van der Waals surface area contributed by atoms with Crippen LogP contribution in [0.1, 0.15) is 90.4 Å². The van der Waals surface area contributed by atoms with E-state index in [-0.39, 0.29) is 6.61 Å². The second-order valence-corrected chi connectivity index (χ2v) is 6.21. The number of aliphatic hydroxyl groups is 2. The summed E-state index contributed by atoms with van der Waals surface area (Å²) in [5, 5.41) is 17.9. The molecule has 0 aliphatic heterocycles. The van der Waals surface area contributed by atoms with Crippen LogP contribution >= 0.6 is 0 Å². The number of allylic oxidation sites excluding steroid dienone is 4. The van der Waals surface area contributed by atoms with Crippen LogP contribution in [0.15, 0.2) is 24.3 Å². The van der Waals surface area contributed by atoms with Crippen molar-refractivity contribution >= 4 is 0 Å². The minimum atomic E-state index is -0.508. The molecule has 0 radical (unpaired) electrons. The van der Waals surface area contributed by atoms with Crippen LogP contribution in [0, 0.1) is 0 Å². The maximum atomic E-state index is 9.21. The summed E-state index contributed by atoms with van der Waals surface area (Å²) in [7, 11) is 0. The van der Waals surface area contributed by atoms with Gasteiger partial charge in [0.15, 0.2) is 0 Å². The van der Waals surface area contributed by atoms with Gasteiger partial charge in [0, 0.05) is 0 Å². The lowest BCUT2D eigenvalue weighted by Gasteiger charge is -2.05. The molecule has 2 heteroatoms. The fourth-order valence-corrected chi connectivity index (χ4v) is 2.46. The van der Waals surface area contributed by atoms with Crippen molar-refractivity contribution in [2.75, 3.05) is 6.61 Å². The van der Waals surface area contributed by atoms with Crippen LogP contribution in [-0.2, 0) is 0 Å². The van der Waals surface area contributed by atoms with Crippen LogP contribution in [0.5, 0.6) is 0 Å². The van der Waals surface area contributed by atoms with Gasteiger partial charge in [-0.15, -0.1) is 0 Å². The van der Waals surface area contributed by atoms with Crippen LogP contribution in [0.2, 0.25) is 0 Å². The van der Waals surface area contributed by atoms with Gasteiger partial charge in [-0.2, -0.15) is 0 Å². The van der Waals surface area contributed by atoms with E-state index in [1.54, 1.807) is 0 Å². The van der Waals surface area contributed by atoms with Gasteiger partial charge in [-0.25, -0.2) is 0 Å². The van der Waals surface area contributed by atoms with E-state index in [0.29, 0.717) is 0 Å². The zero-order valence-corrected chi connectivity index (χ0v) is 14.7. The van der Waals surface area contributed by atoms with Gasteiger partial charge in [0.1, 0.15) is 0 Å². The lowest BCUT2D eigenvalue weighted by atomic mass is 10.1. The Labute approximate surface area is 138 Å². The van der Waals surface area contributed by atoms with E-state index < -0.39 is 6.10 Å². The van der Waals surface area contributed by atoms with Crippen molar-refractivity contribution in [1.82, 2.24) is 0 Å². The Morgan fingerprint density at radius 2 is 1.27 bits per heavy atom. The van der Waals surface area contributed by atoms with Crippen molar-refractivity contribution in [3.8, 4) is 0 Å². The Balaban J connectivity index is 3.17. The van der Waals surface area contributed by atoms with Gasteiger partial charge in [0.2, 0.25) is 0 Å². The summed E-state index contributed by atoms with van der Waals surface area (Å²) >= 11 is 0. The van der Waals surface area contributed by atoms with Gasteiger partial charge in [-0.05, 0) is 38.5 Å². The van der Waals surface area contributed by atoms with Crippen LogP contribution in [0.25, 0.3) is 0 Å². The van der Waals surface area contributed by atoms with Crippen molar-refractivity contribution in [2.45, 2.75) is 96.5 Å². The van der Waals surface area contributed by atoms with Crippen LogP contribution in [0.3, 0.4) is 0 Å². The molecular formula is C20H38O2. The highest BCUT2D eigenvalue weighted by atomic mass is 16.3. The number of hydrogen-bond acceptors (Lipinski definition) is 2. The van der Waals surface area contributed by atoms with Crippen molar-refractivity contribution in [3.63, 3.8) is 0 Å². The fourth-order valence-electron chi connectivity index (χ4n) is 2.46. The molecule has 0 aromatic rings. The molecule has 0 rings (SSSR count). The minimum absolute atomic E-state index is 0.0970. The average molecular weight is 311 g/mol. The van der Waals surface area contributed by atoms with E-state index in [1.165, 1.54) is 64.2 Å². The van der Waals surface area contributed by atoms with Crippen LogP contribution in [0.4, 0.5) is 0 Å². The fraction of sp³-hybridized carbons (Fsp3) is 0.800. The largest absolute Gasteiger partial charge is 0.394 e. The molecular weight excluding hydrogens is 272 g/mol. The zero-order chi connectivity index (χ0) is 16.3. The van der Waals surface area contributed by atoms with Crippen molar-refractivity contribution in [2.24, 2.45) is 0 Å². The Hall–Kier alpha value is -0.600. The summed E-state index contributed by atoms with van der Waals surface area (Å²) in [5.74, 6) is 0. The van der Waals surface area contributed by atoms with E-state index in [0.717, 1.165) is 19.3 Å². The van der Waals surface area contributed by atoms with Gasteiger partial charge in [0.05, 0.1) is 12.7 Å². The van der Waals surface area contributed by atoms with Gasteiger partial charge in [-0.3, -0.25) is 0 Å². The predicted octanol–water partition coefficient (Wildman–Crippen LogP) is 5.54. The maximum Gasteiger partial charge on any atom is 0.0770 e. The third-order valence-electron chi connectivity index (χ3n) is 3.95. The Kier molecular flexibility index (Phi) is 17.9. The molecule has 0 aromatic heterocycles. The van der Waals surface area contributed by atoms with Gasteiger partial charge >= 0.3 is 0 Å². The minimum Gasteiger partial charge on any atom is -0.394 e. The highest BCUT2D eigenvalue weighted by Crippen LogP contribution is 2.10. The van der Waals surface area contributed by atoms with Crippen LogP contribution in [-0.4, -0.2) is 22.9 Å². The lowest BCUT2D eigenvalue weighted by molar-refractivity contribution is 0.0860. The Morgan fingerprint density at radius 1 is 0.727 bits per heavy atom. The van der Waals surface area contributed by atoms with Crippen LogP contribution < -0.4 is 0 Å². The molecule has 1 unspecified atom stereocenters. The summed E-state index contributed by atoms with van der Waals surface area (Å²) < 4.78 is 0. The standard InChI is InChI=1S/C20H38O2/c1-2-3-4-5-6-7-8-9-10-11-12-13-14-15-16-17-18-20(22)19-21/h6-7,9-10,20-22H,2-5,8,11-19H2,1H3/b7-6-,10-9-. The molecule has 0 heterocycles. The third kappa shape index (κ3) is 17.5. The zero-order valence-electron chi connectivity index (χ0n) is 14.7. The van der Waals surface area contributed by atoms with E-state index in [2.05, 4.69) is 31.2 Å². The number of hydrogen-bond donors (Lipinski definition) is 2. The van der Waals surface area contributed by atoms with Gasteiger partial charge < -0.3 is 10.2 Å².